The van der Waals surface area contributed by atoms with Crippen molar-refractivity contribution in [3.05, 3.63) is 54.4 Å². The molecule has 0 aliphatic heterocycles. The van der Waals surface area contributed by atoms with Gasteiger partial charge in [0.05, 0.1) is 0 Å². The van der Waals surface area contributed by atoms with Crippen molar-refractivity contribution in [2.24, 2.45) is 5.73 Å². The molecule has 0 fully saturated rings. The van der Waals surface area contributed by atoms with E-state index < -0.39 is 23.4 Å². The summed E-state index contributed by atoms with van der Waals surface area (Å²) in [6.45, 7) is 0. The van der Waals surface area contributed by atoms with E-state index in [2.05, 4.69) is 5.32 Å². The van der Waals surface area contributed by atoms with Crippen molar-refractivity contribution in [1.82, 2.24) is 14.8 Å². The maximum atomic E-state index is 12.5. The summed E-state index contributed by atoms with van der Waals surface area (Å²) in [7, 11) is 2.35. The van der Waals surface area contributed by atoms with Crippen LogP contribution in [0.3, 0.4) is 0 Å². The van der Waals surface area contributed by atoms with Crippen LogP contribution in [0.4, 0.5) is 0 Å². The molecular weight excluding hydrogens is 312 g/mol. The molecular formula is C16H18N4O4. The predicted octanol–water partition coefficient (Wildman–Crippen LogP) is -0.531. The highest BCUT2D eigenvalue weighted by Crippen LogP contribution is 2.16. The lowest BCUT2D eigenvalue weighted by Crippen LogP contribution is -2.65. The van der Waals surface area contributed by atoms with Gasteiger partial charge in [0.25, 0.3) is 17.7 Å². The molecule has 0 aliphatic carbocycles. The molecule has 24 heavy (non-hydrogen) atoms. The number of nitrogens with one attached hydrogen (secondary N) is 1. The van der Waals surface area contributed by atoms with Crippen molar-refractivity contribution < 1.29 is 19.5 Å². The summed E-state index contributed by atoms with van der Waals surface area (Å²) < 4.78 is 1.85. The van der Waals surface area contributed by atoms with Crippen molar-refractivity contribution in [3.8, 4) is 5.69 Å². The first-order valence-electron chi connectivity index (χ1n) is 7.08. The van der Waals surface area contributed by atoms with Gasteiger partial charge in [-0.1, -0.05) is 0 Å². The second-order valence-corrected chi connectivity index (χ2v) is 5.12. The molecule has 8 nitrogen and oxygen atoms in total. The third-order valence-corrected chi connectivity index (χ3v) is 3.69. The molecule has 126 valence electrons. The second-order valence-electron chi connectivity index (χ2n) is 5.12. The number of amides is 3. The zero-order valence-electron chi connectivity index (χ0n) is 13.3. The van der Waals surface area contributed by atoms with Gasteiger partial charge in [-0.3, -0.25) is 19.3 Å². The summed E-state index contributed by atoms with van der Waals surface area (Å²) >= 11 is 0. The Balaban J connectivity index is 2.30. The van der Waals surface area contributed by atoms with Crippen LogP contribution in [-0.2, 0) is 9.59 Å². The third-order valence-electron chi connectivity index (χ3n) is 3.69. The van der Waals surface area contributed by atoms with Gasteiger partial charge in [0, 0.05) is 37.7 Å². The number of primary amides is 1. The lowest BCUT2D eigenvalue weighted by atomic mass is 10.1. The van der Waals surface area contributed by atoms with Gasteiger partial charge in [-0.2, -0.15) is 0 Å². The minimum absolute atomic E-state index is 0.192. The van der Waals surface area contributed by atoms with E-state index in [1.54, 1.807) is 12.1 Å². The smallest absolute Gasteiger partial charge is 0.302 e. The van der Waals surface area contributed by atoms with Crippen LogP contribution in [0.2, 0.25) is 0 Å². The fourth-order valence-corrected chi connectivity index (χ4v) is 2.23. The first kappa shape index (κ1) is 17.2. The highest BCUT2D eigenvalue weighted by Gasteiger charge is 2.48. The molecule has 4 N–H and O–H groups in total. The number of hydrogen-bond donors (Lipinski definition) is 3. The molecule has 0 aliphatic rings. The molecule has 0 bridgehead atoms. The summed E-state index contributed by atoms with van der Waals surface area (Å²) in [5.41, 5.74) is 3.35. The molecule has 0 saturated heterocycles. The minimum atomic E-state index is -2.77. The predicted molar refractivity (Wildman–Crippen MR) is 86.1 cm³/mol. The maximum absolute atomic E-state index is 12.5. The number of carbonyl (C=O) groups is 3. The van der Waals surface area contributed by atoms with E-state index in [1.165, 1.54) is 19.2 Å². The molecule has 0 saturated carbocycles. The van der Waals surface area contributed by atoms with Crippen molar-refractivity contribution in [2.45, 2.75) is 5.72 Å². The highest BCUT2D eigenvalue weighted by atomic mass is 16.3. The van der Waals surface area contributed by atoms with Crippen LogP contribution in [-0.4, -0.2) is 52.1 Å². The minimum Gasteiger partial charge on any atom is -0.365 e. The number of benzene rings is 1. The summed E-state index contributed by atoms with van der Waals surface area (Å²) in [5, 5.41) is 12.4. The van der Waals surface area contributed by atoms with E-state index >= 15 is 0 Å². The average molecular weight is 330 g/mol. The Morgan fingerprint density at radius 3 is 2.17 bits per heavy atom. The van der Waals surface area contributed by atoms with Gasteiger partial charge in [0.2, 0.25) is 0 Å². The monoisotopic (exact) mass is 330 g/mol. The van der Waals surface area contributed by atoms with Gasteiger partial charge in [0.1, 0.15) is 0 Å². The molecule has 8 heteroatoms. The molecule has 1 unspecified atom stereocenters. The summed E-state index contributed by atoms with van der Waals surface area (Å²) in [6.07, 6.45) is 3.70. The molecule has 3 amide bonds. The number of nitrogens with two attached hydrogens (primary N) is 1. The third kappa shape index (κ3) is 2.86. The number of aromatic nitrogens is 1. The molecule has 2 aromatic rings. The van der Waals surface area contributed by atoms with E-state index in [0.29, 0.717) is 4.90 Å². The lowest BCUT2D eigenvalue weighted by molar-refractivity contribution is -0.166. The Kier molecular flexibility index (Phi) is 4.70. The van der Waals surface area contributed by atoms with Gasteiger partial charge in [0.15, 0.2) is 0 Å². The topological polar surface area (TPSA) is 118 Å². The molecule has 1 atom stereocenters. The molecule has 1 aromatic carbocycles. The van der Waals surface area contributed by atoms with Crippen LogP contribution >= 0.6 is 0 Å². The largest absolute Gasteiger partial charge is 0.365 e. The first-order chi connectivity index (χ1) is 11.3. The Hall–Kier alpha value is -3.13. The quantitative estimate of drug-likeness (QED) is 0.504. The van der Waals surface area contributed by atoms with Gasteiger partial charge in [-0.05, 0) is 36.4 Å². The van der Waals surface area contributed by atoms with E-state index in [4.69, 9.17) is 5.73 Å². The van der Waals surface area contributed by atoms with Crippen molar-refractivity contribution in [1.29, 1.82) is 0 Å². The van der Waals surface area contributed by atoms with E-state index in [9.17, 15) is 19.5 Å². The van der Waals surface area contributed by atoms with Crippen molar-refractivity contribution in [3.63, 3.8) is 0 Å². The Labute approximate surface area is 138 Å². The Bertz CT molecular complexity index is 755. The van der Waals surface area contributed by atoms with Gasteiger partial charge in [-0.15, -0.1) is 0 Å². The van der Waals surface area contributed by atoms with E-state index in [0.717, 1.165) is 12.7 Å². The van der Waals surface area contributed by atoms with Gasteiger partial charge in [-0.25, -0.2) is 0 Å². The zero-order chi connectivity index (χ0) is 17.9. The summed E-state index contributed by atoms with van der Waals surface area (Å²) in [6, 6.07) is 10.2. The summed E-state index contributed by atoms with van der Waals surface area (Å²) in [4.78, 5) is 36.4. The van der Waals surface area contributed by atoms with Crippen LogP contribution in [0.25, 0.3) is 5.69 Å². The number of aliphatic hydroxyl groups is 1. The van der Waals surface area contributed by atoms with Crippen LogP contribution < -0.4 is 11.1 Å². The Morgan fingerprint density at radius 2 is 1.71 bits per heavy atom. The van der Waals surface area contributed by atoms with Gasteiger partial charge >= 0.3 is 5.72 Å². The lowest BCUT2D eigenvalue weighted by Gasteiger charge is -2.32. The van der Waals surface area contributed by atoms with E-state index in [-0.39, 0.29) is 5.56 Å². The number of nitrogens with zero attached hydrogens (tertiary/aromatic N) is 2. The number of carbonyl (C=O) groups excluding carboxylic acids is 3. The highest BCUT2D eigenvalue weighted by molar-refractivity contribution is 6.11. The number of hydrogen-bond acceptors (Lipinski definition) is 4. The first-order valence-corrected chi connectivity index (χ1v) is 7.08. The fourth-order valence-electron chi connectivity index (χ4n) is 2.23. The van der Waals surface area contributed by atoms with Crippen molar-refractivity contribution in [2.75, 3.05) is 14.1 Å². The number of likely N-dealkylation sites (N-methyl/N-ethyl adjacent to an activating group) is 2. The van der Waals surface area contributed by atoms with Crippen LogP contribution in [0.5, 0.6) is 0 Å². The van der Waals surface area contributed by atoms with E-state index in [1.807, 2.05) is 29.1 Å². The summed E-state index contributed by atoms with van der Waals surface area (Å²) in [5.74, 6) is -3.16. The normalized spacial score (nSPS) is 13.0. The van der Waals surface area contributed by atoms with Crippen LogP contribution in [0.15, 0.2) is 48.8 Å². The fraction of sp³-hybridized carbons (Fsp3) is 0.188. The standard InChI is InChI=1S/C16H18N4O4/c1-18-15(23)16(24,14(17)22)19(2)13(21)11-5-7-12(8-6-11)20-9-3-4-10-20/h3-10,24H,1-2H3,(H2,17,22)(H,18,23). The molecule has 2 rings (SSSR count). The molecule has 1 aromatic heterocycles. The molecule has 0 spiro atoms. The Morgan fingerprint density at radius 1 is 1.17 bits per heavy atom. The van der Waals surface area contributed by atoms with Crippen LogP contribution in [0.1, 0.15) is 10.4 Å². The van der Waals surface area contributed by atoms with Gasteiger partial charge < -0.3 is 20.7 Å². The number of rotatable bonds is 5. The molecule has 0 radical (unpaired) electrons. The average Bonchev–Trinajstić information content (AvgIpc) is 3.13. The second kappa shape index (κ2) is 6.55. The maximum Gasteiger partial charge on any atom is 0.302 e. The molecule has 1 heterocycles. The SMILES string of the molecule is CNC(=O)C(O)(C(N)=O)N(C)C(=O)c1ccc(-n2cccc2)cc1. The van der Waals surface area contributed by atoms with Crippen LogP contribution in [0, 0.1) is 0 Å². The van der Waals surface area contributed by atoms with Crippen molar-refractivity contribution >= 4 is 17.7 Å². The zero-order valence-corrected chi connectivity index (χ0v) is 13.3.